The molecule has 2 nitrogen and oxygen atoms in total. The number of hydrogen-bond donors (Lipinski definition) is 0. The van der Waals surface area contributed by atoms with E-state index in [1.54, 1.807) is 0 Å². The molecule has 0 fully saturated rings. The van der Waals surface area contributed by atoms with E-state index in [-0.39, 0.29) is 0 Å². The molecule has 0 spiro atoms. The summed E-state index contributed by atoms with van der Waals surface area (Å²) in [5, 5.41) is 0. The zero-order chi connectivity index (χ0) is 11.3. The summed E-state index contributed by atoms with van der Waals surface area (Å²) in [6, 6.07) is 7.83. The maximum atomic E-state index is 12.0. The molecule has 0 N–H and O–H groups in total. The minimum absolute atomic E-state index is 0.417. The van der Waals surface area contributed by atoms with E-state index < -0.39 is 7.37 Å². The highest BCUT2D eigenvalue weighted by atomic mass is 79.9. The smallest absolute Gasteiger partial charge is 0.202 e. The van der Waals surface area contributed by atoms with E-state index in [0.717, 1.165) is 10.0 Å². The molecule has 4 heteroatoms. The van der Waals surface area contributed by atoms with Crippen LogP contribution in [0, 0.1) is 0 Å². The second-order valence-electron chi connectivity index (χ2n) is 3.31. The Hall–Kier alpha value is -0.110. The Kier molecular flexibility index (Phi) is 5.04. The summed E-state index contributed by atoms with van der Waals surface area (Å²) in [6.07, 6.45) is 1.21. The van der Waals surface area contributed by atoms with Crippen LogP contribution >= 0.6 is 23.3 Å². The predicted molar refractivity (Wildman–Crippen MR) is 67.6 cm³/mol. The molecule has 0 bridgehead atoms. The predicted octanol–water partition coefficient (Wildman–Crippen LogP) is 4.28. The van der Waals surface area contributed by atoms with Crippen molar-refractivity contribution in [2.45, 2.75) is 20.5 Å². The Morgan fingerprint density at radius 3 is 2.40 bits per heavy atom. The summed E-state index contributed by atoms with van der Waals surface area (Å²) in [5.74, 6) is 0. The molecule has 0 radical (unpaired) electrons. The number of halogens is 1. The van der Waals surface area contributed by atoms with Crippen molar-refractivity contribution in [2.75, 3.05) is 12.3 Å². The van der Waals surface area contributed by atoms with Crippen molar-refractivity contribution in [2.24, 2.45) is 0 Å². The fraction of sp³-hybridized carbons (Fsp3) is 0.455. The van der Waals surface area contributed by atoms with Crippen molar-refractivity contribution in [3.63, 3.8) is 0 Å². The van der Waals surface area contributed by atoms with Crippen molar-refractivity contribution in [3.05, 3.63) is 34.3 Å². The molecule has 0 aliphatic heterocycles. The molecule has 15 heavy (non-hydrogen) atoms. The van der Waals surface area contributed by atoms with Gasteiger partial charge in [0.15, 0.2) is 0 Å². The van der Waals surface area contributed by atoms with Crippen molar-refractivity contribution in [1.82, 2.24) is 0 Å². The van der Waals surface area contributed by atoms with Gasteiger partial charge in [-0.25, -0.2) is 0 Å². The molecule has 0 atom stereocenters. The van der Waals surface area contributed by atoms with Gasteiger partial charge in [0.2, 0.25) is 7.37 Å². The van der Waals surface area contributed by atoms with Gasteiger partial charge < -0.3 is 4.52 Å². The number of rotatable bonds is 5. The highest BCUT2D eigenvalue weighted by Crippen LogP contribution is 2.46. The monoisotopic (exact) mass is 290 g/mol. The van der Waals surface area contributed by atoms with E-state index >= 15 is 0 Å². The molecule has 84 valence electrons. The topological polar surface area (TPSA) is 26.3 Å². The van der Waals surface area contributed by atoms with E-state index in [0.29, 0.717) is 18.9 Å². The normalized spacial score (nSPS) is 11.7. The van der Waals surface area contributed by atoms with E-state index in [4.69, 9.17) is 4.52 Å². The van der Waals surface area contributed by atoms with Crippen LogP contribution in [-0.2, 0) is 15.7 Å². The Labute approximate surface area is 99.6 Å². The van der Waals surface area contributed by atoms with Gasteiger partial charge >= 0.3 is 0 Å². The summed E-state index contributed by atoms with van der Waals surface area (Å²) in [5.41, 5.74) is 1.04. The Morgan fingerprint density at radius 1 is 1.27 bits per heavy atom. The maximum Gasteiger partial charge on any atom is 0.202 e. The molecule has 0 amide bonds. The molecule has 1 aromatic rings. The molecule has 0 unspecified atom stereocenters. The van der Waals surface area contributed by atoms with Gasteiger partial charge in [0, 0.05) is 16.8 Å². The molecule has 1 rings (SSSR count). The van der Waals surface area contributed by atoms with Gasteiger partial charge in [-0.2, -0.15) is 0 Å². The SMILES string of the molecule is CCP(=O)(CC)OCc1ccccc1Br. The second-order valence-corrected chi connectivity index (χ2v) is 7.32. The van der Waals surface area contributed by atoms with Gasteiger partial charge in [-0.15, -0.1) is 0 Å². The molecule has 0 heterocycles. The van der Waals surface area contributed by atoms with Crippen molar-refractivity contribution >= 4 is 23.3 Å². The first-order chi connectivity index (χ1) is 7.11. The molecular weight excluding hydrogens is 275 g/mol. The van der Waals surface area contributed by atoms with Crippen LogP contribution in [0.3, 0.4) is 0 Å². The molecule has 0 aliphatic carbocycles. The van der Waals surface area contributed by atoms with E-state index in [9.17, 15) is 4.57 Å². The Morgan fingerprint density at radius 2 is 1.87 bits per heavy atom. The van der Waals surface area contributed by atoms with Crippen molar-refractivity contribution < 1.29 is 9.09 Å². The first kappa shape index (κ1) is 13.0. The molecule has 0 saturated heterocycles. The third-order valence-corrected chi connectivity index (χ3v) is 5.68. The fourth-order valence-corrected chi connectivity index (χ4v) is 2.79. The van der Waals surface area contributed by atoms with Crippen molar-refractivity contribution in [3.8, 4) is 0 Å². The first-order valence-corrected chi connectivity index (χ1v) is 7.86. The Balaban J connectivity index is 2.65. The summed E-state index contributed by atoms with van der Waals surface area (Å²) >= 11 is 3.44. The van der Waals surface area contributed by atoms with Crippen molar-refractivity contribution in [1.29, 1.82) is 0 Å². The highest BCUT2D eigenvalue weighted by Gasteiger charge is 2.17. The van der Waals surface area contributed by atoms with Gasteiger partial charge in [-0.05, 0) is 11.6 Å². The average Bonchev–Trinajstić information content (AvgIpc) is 2.28. The lowest BCUT2D eigenvalue weighted by Gasteiger charge is -2.15. The van der Waals surface area contributed by atoms with Gasteiger partial charge in [0.05, 0.1) is 6.61 Å². The fourth-order valence-electron chi connectivity index (χ4n) is 1.21. The first-order valence-electron chi connectivity index (χ1n) is 5.07. The lowest BCUT2D eigenvalue weighted by atomic mass is 10.2. The van der Waals surface area contributed by atoms with Crippen LogP contribution < -0.4 is 0 Å². The highest BCUT2D eigenvalue weighted by molar-refractivity contribution is 9.10. The van der Waals surface area contributed by atoms with E-state index in [1.807, 2.05) is 38.1 Å². The summed E-state index contributed by atoms with van der Waals surface area (Å²) in [6.45, 7) is 4.23. The third kappa shape index (κ3) is 3.75. The Bertz CT molecular complexity index is 357. The lowest BCUT2D eigenvalue weighted by molar-refractivity contribution is 0.303. The largest absolute Gasteiger partial charge is 0.324 e. The van der Waals surface area contributed by atoms with Crippen LogP contribution in [0.5, 0.6) is 0 Å². The standard InChI is InChI=1S/C11H16BrO2P/c1-3-15(13,4-2)14-9-10-7-5-6-8-11(10)12/h5-8H,3-4,9H2,1-2H3. The molecule has 0 aromatic heterocycles. The van der Waals surface area contributed by atoms with E-state index in [1.165, 1.54) is 0 Å². The lowest BCUT2D eigenvalue weighted by Crippen LogP contribution is -1.97. The van der Waals surface area contributed by atoms with Crippen LogP contribution in [0.4, 0.5) is 0 Å². The maximum absolute atomic E-state index is 12.0. The summed E-state index contributed by atoms with van der Waals surface area (Å²) in [7, 11) is -2.39. The van der Waals surface area contributed by atoms with Crippen LogP contribution in [0.1, 0.15) is 19.4 Å². The second kappa shape index (κ2) is 5.83. The molecule has 1 aromatic carbocycles. The minimum atomic E-state index is -2.39. The average molecular weight is 291 g/mol. The molecule has 0 saturated carbocycles. The summed E-state index contributed by atoms with van der Waals surface area (Å²) in [4.78, 5) is 0. The number of benzene rings is 1. The quantitative estimate of drug-likeness (QED) is 0.757. The third-order valence-electron chi connectivity index (χ3n) is 2.38. The van der Waals surface area contributed by atoms with Gasteiger partial charge in [-0.1, -0.05) is 48.0 Å². The van der Waals surface area contributed by atoms with Crippen LogP contribution in [0.25, 0.3) is 0 Å². The number of hydrogen-bond acceptors (Lipinski definition) is 2. The molecule has 0 aliphatic rings. The van der Waals surface area contributed by atoms with Crippen LogP contribution in [0.2, 0.25) is 0 Å². The zero-order valence-corrected chi connectivity index (χ0v) is 11.6. The zero-order valence-electron chi connectivity index (χ0n) is 9.07. The van der Waals surface area contributed by atoms with Gasteiger partial charge in [0.1, 0.15) is 0 Å². The summed E-state index contributed by atoms with van der Waals surface area (Å²) < 4.78 is 18.5. The van der Waals surface area contributed by atoms with Crippen LogP contribution in [-0.4, -0.2) is 12.3 Å². The van der Waals surface area contributed by atoms with E-state index in [2.05, 4.69) is 15.9 Å². The minimum Gasteiger partial charge on any atom is -0.324 e. The van der Waals surface area contributed by atoms with Gasteiger partial charge in [-0.3, -0.25) is 4.57 Å². The van der Waals surface area contributed by atoms with Crippen LogP contribution in [0.15, 0.2) is 28.7 Å². The van der Waals surface area contributed by atoms with Gasteiger partial charge in [0.25, 0.3) is 0 Å². The molecular formula is C11H16BrO2P.